The molecule has 3 fully saturated rings. The monoisotopic (exact) mass is 311 g/mol. The fraction of sp³-hybridized carbons (Fsp3) is 1.00. The summed E-state index contributed by atoms with van der Waals surface area (Å²) in [5.41, 5.74) is 0. The molecule has 0 amide bonds. The number of rotatable bonds is 2. The van der Waals surface area contributed by atoms with Crippen LogP contribution in [0.25, 0.3) is 0 Å². The third-order valence-corrected chi connectivity index (χ3v) is 6.24. The van der Waals surface area contributed by atoms with Crippen LogP contribution in [-0.2, 0) is 14.9 Å². The smallest absolute Gasteiger partial charge is 0.282 e. The van der Waals surface area contributed by atoms with Gasteiger partial charge in [0.05, 0.1) is 13.2 Å². The van der Waals surface area contributed by atoms with Crippen molar-refractivity contribution in [2.45, 2.75) is 18.9 Å². The average molecular weight is 312 g/mol. The lowest BCUT2D eigenvalue weighted by molar-refractivity contribution is 0.0689. The second kappa shape index (κ2) is 6.24. The van der Waals surface area contributed by atoms with Crippen molar-refractivity contribution in [2.75, 3.05) is 45.9 Å². The van der Waals surface area contributed by atoms with Crippen LogP contribution in [0.4, 0.5) is 0 Å². The highest BCUT2D eigenvalue weighted by Crippen LogP contribution is 2.27. The van der Waals surface area contributed by atoms with Gasteiger partial charge in [-0.1, -0.05) is 0 Å². The lowest BCUT2D eigenvalue weighted by Gasteiger charge is -2.37. The van der Waals surface area contributed by atoms with Crippen molar-refractivity contribution in [1.29, 1.82) is 0 Å². The molecule has 0 aliphatic carbocycles. The van der Waals surface area contributed by atoms with Gasteiger partial charge in [0, 0.05) is 32.2 Å². The molecule has 2 atom stereocenters. The van der Waals surface area contributed by atoms with Crippen LogP contribution < -0.4 is 5.32 Å². The second-order valence-corrected chi connectivity index (χ2v) is 7.20. The quantitative estimate of drug-likeness (QED) is 0.758. The summed E-state index contributed by atoms with van der Waals surface area (Å²) in [6.07, 6.45) is 2.04. The first-order chi connectivity index (χ1) is 8.68. The Morgan fingerprint density at radius 1 is 1.05 bits per heavy atom. The molecule has 3 aliphatic heterocycles. The lowest BCUT2D eigenvalue weighted by Crippen LogP contribution is -2.53. The summed E-state index contributed by atoms with van der Waals surface area (Å²) in [5, 5.41) is 3.45. The van der Waals surface area contributed by atoms with Gasteiger partial charge < -0.3 is 10.1 Å². The van der Waals surface area contributed by atoms with Crippen LogP contribution in [0, 0.1) is 5.92 Å². The SMILES string of the molecule is Cl.O=S(=O)(N1CCOCC1)N1CCC2NCCC2C1. The first kappa shape index (κ1) is 15.5. The second-order valence-electron chi connectivity index (χ2n) is 5.28. The zero-order chi connectivity index (χ0) is 12.6. The van der Waals surface area contributed by atoms with Gasteiger partial charge in [-0.2, -0.15) is 17.0 Å². The molecule has 3 saturated heterocycles. The largest absolute Gasteiger partial charge is 0.379 e. The van der Waals surface area contributed by atoms with E-state index in [0.717, 1.165) is 19.4 Å². The van der Waals surface area contributed by atoms with E-state index in [1.807, 2.05) is 0 Å². The minimum atomic E-state index is -3.26. The van der Waals surface area contributed by atoms with E-state index in [4.69, 9.17) is 4.74 Å². The van der Waals surface area contributed by atoms with Crippen LogP contribution in [-0.4, -0.2) is 69.0 Å². The summed E-state index contributed by atoms with van der Waals surface area (Å²) >= 11 is 0. The minimum Gasteiger partial charge on any atom is -0.379 e. The average Bonchev–Trinajstić information content (AvgIpc) is 2.87. The van der Waals surface area contributed by atoms with Gasteiger partial charge in [-0.05, 0) is 25.3 Å². The van der Waals surface area contributed by atoms with Crippen molar-refractivity contribution in [3.8, 4) is 0 Å². The Kier molecular flexibility index (Phi) is 5.08. The standard InChI is InChI=1S/C11H21N3O3S.ClH/c15-18(16,13-5-7-17-8-6-13)14-4-2-11-10(9-14)1-3-12-11;/h10-12H,1-9H2;1H. The summed E-state index contributed by atoms with van der Waals surface area (Å²) in [6, 6.07) is 0.529. The molecule has 0 aromatic heterocycles. The van der Waals surface area contributed by atoms with Crippen molar-refractivity contribution >= 4 is 22.6 Å². The van der Waals surface area contributed by atoms with Crippen molar-refractivity contribution in [3.05, 3.63) is 0 Å². The molecule has 2 unspecified atom stereocenters. The molecular formula is C11H22ClN3O3S. The third-order valence-electron chi connectivity index (χ3n) is 4.24. The van der Waals surface area contributed by atoms with Gasteiger partial charge >= 0.3 is 0 Å². The Morgan fingerprint density at radius 3 is 2.53 bits per heavy atom. The van der Waals surface area contributed by atoms with Crippen molar-refractivity contribution in [2.24, 2.45) is 5.92 Å². The number of hydrogen-bond donors (Lipinski definition) is 1. The molecule has 0 bridgehead atoms. The molecule has 19 heavy (non-hydrogen) atoms. The Labute approximate surface area is 121 Å². The van der Waals surface area contributed by atoms with Gasteiger partial charge in [0.2, 0.25) is 0 Å². The molecule has 0 aromatic carbocycles. The highest BCUT2D eigenvalue weighted by molar-refractivity contribution is 7.86. The maximum absolute atomic E-state index is 12.5. The zero-order valence-corrected chi connectivity index (χ0v) is 12.6. The summed E-state index contributed by atoms with van der Waals surface area (Å²) in [6.45, 7) is 4.36. The molecule has 0 saturated carbocycles. The molecular weight excluding hydrogens is 290 g/mol. The number of nitrogens with zero attached hydrogens (tertiary/aromatic N) is 2. The van der Waals surface area contributed by atoms with Gasteiger partial charge in [-0.25, -0.2) is 0 Å². The minimum absolute atomic E-state index is 0. The van der Waals surface area contributed by atoms with Gasteiger partial charge in [-0.15, -0.1) is 12.4 Å². The van der Waals surface area contributed by atoms with Gasteiger partial charge in [0.15, 0.2) is 0 Å². The number of halogens is 1. The zero-order valence-electron chi connectivity index (χ0n) is 11.0. The van der Waals surface area contributed by atoms with E-state index in [1.54, 1.807) is 8.61 Å². The van der Waals surface area contributed by atoms with E-state index in [2.05, 4.69) is 5.32 Å². The number of ether oxygens (including phenoxy) is 1. The van der Waals surface area contributed by atoms with Crippen LogP contribution in [0.5, 0.6) is 0 Å². The summed E-state index contributed by atoms with van der Waals surface area (Å²) < 4.78 is 33.5. The van der Waals surface area contributed by atoms with E-state index >= 15 is 0 Å². The summed E-state index contributed by atoms with van der Waals surface area (Å²) in [7, 11) is -3.26. The lowest BCUT2D eigenvalue weighted by atomic mass is 9.95. The Morgan fingerprint density at radius 2 is 1.79 bits per heavy atom. The van der Waals surface area contributed by atoms with Crippen LogP contribution in [0.1, 0.15) is 12.8 Å². The van der Waals surface area contributed by atoms with Crippen molar-refractivity contribution < 1.29 is 13.2 Å². The predicted octanol–water partition coefficient (Wildman–Crippen LogP) is -0.331. The van der Waals surface area contributed by atoms with E-state index in [9.17, 15) is 8.42 Å². The summed E-state index contributed by atoms with van der Waals surface area (Å²) in [5.74, 6) is 0.495. The van der Waals surface area contributed by atoms with Gasteiger partial charge in [0.1, 0.15) is 0 Å². The molecule has 8 heteroatoms. The fourth-order valence-electron chi connectivity index (χ4n) is 3.16. The number of morpholine rings is 1. The van der Waals surface area contributed by atoms with E-state index in [0.29, 0.717) is 51.4 Å². The fourth-order valence-corrected chi connectivity index (χ4v) is 4.82. The topological polar surface area (TPSA) is 61.9 Å². The first-order valence-corrected chi connectivity index (χ1v) is 8.14. The maximum atomic E-state index is 12.5. The van der Waals surface area contributed by atoms with Crippen molar-refractivity contribution in [3.63, 3.8) is 0 Å². The highest BCUT2D eigenvalue weighted by atomic mass is 35.5. The number of nitrogens with one attached hydrogen (secondary N) is 1. The molecule has 3 rings (SSSR count). The number of hydrogen-bond acceptors (Lipinski definition) is 4. The highest BCUT2D eigenvalue weighted by Gasteiger charge is 2.39. The summed E-state index contributed by atoms with van der Waals surface area (Å²) in [4.78, 5) is 0. The first-order valence-electron chi connectivity index (χ1n) is 6.74. The van der Waals surface area contributed by atoms with Gasteiger partial charge in [-0.3, -0.25) is 0 Å². The predicted molar refractivity (Wildman–Crippen MR) is 74.6 cm³/mol. The molecule has 112 valence electrons. The molecule has 1 N–H and O–H groups in total. The van der Waals surface area contributed by atoms with Crippen molar-refractivity contribution in [1.82, 2.24) is 13.9 Å². The molecule has 0 radical (unpaired) electrons. The molecule has 0 aromatic rings. The third kappa shape index (κ3) is 3.06. The molecule has 3 aliphatic rings. The van der Waals surface area contributed by atoms with Crippen LogP contribution in [0.2, 0.25) is 0 Å². The van der Waals surface area contributed by atoms with Crippen LogP contribution >= 0.6 is 12.4 Å². The number of piperidine rings is 1. The van der Waals surface area contributed by atoms with Crippen LogP contribution in [0.3, 0.4) is 0 Å². The van der Waals surface area contributed by atoms with Gasteiger partial charge in [0.25, 0.3) is 10.2 Å². The Hall–Kier alpha value is 0.0800. The van der Waals surface area contributed by atoms with E-state index in [-0.39, 0.29) is 12.4 Å². The van der Waals surface area contributed by atoms with E-state index in [1.165, 1.54) is 0 Å². The normalized spacial score (nSPS) is 33.7. The van der Waals surface area contributed by atoms with Crippen LogP contribution in [0.15, 0.2) is 0 Å². The molecule has 3 heterocycles. The number of fused-ring (bicyclic) bond motifs is 1. The Bertz CT molecular complexity index is 400. The maximum Gasteiger partial charge on any atom is 0.282 e. The molecule has 6 nitrogen and oxygen atoms in total. The Balaban J connectivity index is 0.00000133. The molecule has 0 spiro atoms. The van der Waals surface area contributed by atoms with E-state index < -0.39 is 10.2 Å².